The average Bonchev–Trinajstić information content (AvgIpc) is 2.46. The van der Waals surface area contributed by atoms with Crippen LogP contribution in [0.4, 0.5) is 4.79 Å². The maximum absolute atomic E-state index is 12.1. The van der Waals surface area contributed by atoms with Crippen molar-refractivity contribution in [2.75, 3.05) is 12.8 Å². The third kappa shape index (κ3) is 5.50. The number of urea groups is 1. The van der Waals surface area contributed by atoms with Crippen LogP contribution in [0.5, 0.6) is 0 Å². The van der Waals surface area contributed by atoms with Crippen LogP contribution >= 0.6 is 11.6 Å². The van der Waals surface area contributed by atoms with E-state index in [9.17, 15) is 22.8 Å². The second kappa shape index (κ2) is 8.11. The first-order valence-electron chi connectivity index (χ1n) is 6.85. The van der Waals surface area contributed by atoms with Crippen LogP contribution in [0.2, 0.25) is 5.02 Å². The standard InChI is InChI=1S/C14H17ClN2O6S/c1-4-16-14(20)17-12(18)8(2)23-13(19)10-7-9(24(3,21)22)5-6-11(10)15/h5-8H,4H2,1-3H3,(H2,16,17,18,20). The quantitative estimate of drug-likeness (QED) is 0.743. The van der Waals surface area contributed by atoms with Gasteiger partial charge in [0.2, 0.25) is 0 Å². The smallest absolute Gasteiger partial charge is 0.340 e. The molecule has 1 rings (SSSR count). The number of rotatable bonds is 5. The summed E-state index contributed by atoms with van der Waals surface area (Å²) >= 11 is 5.87. The minimum atomic E-state index is -3.54. The van der Waals surface area contributed by atoms with Gasteiger partial charge in [-0.1, -0.05) is 11.6 Å². The van der Waals surface area contributed by atoms with E-state index in [0.717, 1.165) is 12.3 Å². The summed E-state index contributed by atoms with van der Waals surface area (Å²) in [5.74, 6) is -1.81. The van der Waals surface area contributed by atoms with Gasteiger partial charge < -0.3 is 10.1 Å². The average molecular weight is 377 g/mol. The predicted octanol–water partition coefficient (Wildman–Crippen LogP) is 1.13. The van der Waals surface area contributed by atoms with Crippen molar-refractivity contribution in [2.24, 2.45) is 0 Å². The minimum absolute atomic E-state index is 0.0243. The molecule has 0 aliphatic carbocycles. The molecule has 0 aliphatic rings. The van der Waals surface area contributed by atoms with Gasteiger partial charge in [0.25, 0.3) is 5.91 Å². The Morgan fingerprint density at radius 1 is 1.29 bits per heavy atom. The van der Waals surface area contributed by atoms with Gasteiger partial charge in [-0.3, -0.25) is 10.1 Å². The van der Waals surface area contributed by atoms with Crippen LogP contribution in [0.15, 0.2) is 23.1 Å². The molecule has 0 saturated heterocycles. The molecule has 0 spiro atoms. The van der Waals surface area contributed by atoms with E-state index in [1.165, 1.54) is 19.1 Å². The number of carbonyl (C=O) groups excluding carboxylic acids is 3. The van der Waals surface area contributed by atoms with E-state index in [0.29, 0.717) is 6.54 Å². The molecule has 0 fully saturated rings. The number of imide groups is 1. The second-order valence-corrected chi connectivity index (χ2v) is 7.23. The van der Waals surface area contributed by atoms with Gasteiger partial charge in [-0.25, -0.2) is 18.0 Å². The van der Waals surface area contributed by atoms with E-state index in [2.05, 4.69) is 5.32 Å². The molecule has 3 amide bonds. The van der Waals surface area contributed by atoms with Gasteiger partial charge in [0.15, 0.2) is 15.9 Å². The zero-order valence-corrected chi connectivity index (χ0v) is 14.8. The van der Waals surface area contributed by atoms with Crippen molar-refractivity contribution in [1.82, 2.24) is 10.6 Å². The first-order valence-corrected chi connectivity index (χ1v) is 9.12. The van der Waals surface area contributed by atoms with Gasteiger partial charge in [-0.15, -0.1) is 0 Å². The molecule has 0 saturated carbocycles. The topological polar surface area (TPSA) is 119 Å². The Morgan fingerprint density at radius 3 is 2.46 bits per heavy atom. The zero-order chi connectivity index (χ0) is 18.5. The molecule has 1 unspecified atom stereocenters. The molecule has 1 atom stereocenters. The fourth-order valence-electron chi connectivity index (χ4n) is 1.59. The fraction of sp³-hybridized carbons (Fsp3) is 0.357. The summed E-state index contributed by atoms with van der Waals surface area (Å²) in [5, 5.41) is 4.32. The number of carbonyl (C=O) groups is 3. The first-order chi connectivity index (χ1) is 11.1. The number of hydrogen-bond acceptors (Lipinski definition) is 6. The van der Waals surface area contributed by atoms with Gasteiger partial charge >= 0.3 is 12.0 Å². The fourth-order valence-corrected chi connectivity index (χ4v) is 2.43. The summed E-state index contributed by atoms with van der Waals surface area (Å²) < 4.78 is 28.0. The maximum atomic E-state index is 12.1. The van der Waals surface area contributed by atoms with Gasteiger partial charge in [0.1, 0.15) is 0 Å². The minimum Gasteiger partial charge on any atom is -0.449 e. The van der Waals surface area contributed by atoms with Crippen LogP contribution in [-0.2, 0) is 19.4 Å². The molecule has 132 valence electrons. The molecule has 10 heteroatoms. The van der Waals surface area contributed by atoms with Crippen LogP contribution in [-0.4, -0.2) is 45.2 Å². The Labute approximate surface area is 144 Å². The number of amides is 3. The molecule has 1 aromatic carbocycles. The first kappa shape index (κ1) is 19.9. The van der Waals surface area contributed by atoms with E-state index in [4.69, 9.17) is 16.3 Å². The van der Waals surface area contributed by atoms with Crippen LogP contribution in [0.25, 0.3) is 0 Å². The summed E-state index contributed by atoms with van der Waals surface area (Å²) in [6, 6.07) is 2.84. The highest BCUT2D eigenvalue weighted by Crippen LogP contribution is 2.21. The molecule has 0 radical (unpaired) electrons. The van der Waals surface area contributed by atoms with E-state index >= 15 is 0 Å². The van der Waals surface area contributed by atoms with Crippen molar-refractivity contribution in [3.8, 4) is 0 Å². The molecular formula is C14H17ClN2O6S. The van der Waals surface area contributed by atoms with Crippen molar-refractivity contribution in [2.45, 2.75) is 24.8 Å². The Hall–Kier alpha value is -2.13. The monoisotopic (exact) mass is 376 g/mol. The van der Waals surface area contributed by atoms with E-state index in [-0.39, 0.29) is 15.5 Å². The van der Waals surface area contributed by atoms with E-state index < -0.39 is 33.8 Å². The van der Waals surface area contributed by atoms with Crippen molar-refractivity contribution in [1.29, 1.82) is 0 Å². The third-order valence-corrected chi connectivity index (χ3v) is 4.25. The Bertz CT molecular complexity index is 763. The van der Waals surface area contributed by atoms with Crippen LogP contribution < -0.4 is 10.6 Å². The van der Waals surface area contributed by atoms with Crippen molar-refractivity contribution >= 4 is 39.3 Å². The van der Waals surface area contributed by atoms with Crippen LogP contribution in [0.1, 0.15) is 24.2 Å². The molecule has 2 N–H and O–H groups in total. The molecule has 1 aromatic rings. The van der Waals surface area contributed by atoms with E-state index in [1.54, 1.807) is 6.92 Å². The third-order valence-electron chi connectivity index (χ3n) is 2.81. The summed E-state index contributed by atoms with van der Waals surface area (Å²) in [7, 11) is -3.54. The van der Waals surface area contributed by atoms with Gasteiger partial charge in [0, 0.05) is 12.8 Å². The molecule has 8 nitrogen and oxygen atoms in total. The summed E-state index contributed by atoms with van der Waals surface area (Å²) in [6.45, 7) is 3.26. The zero-order valence-electron chi connectivity index (χ0n) is 13.3. The number of ether oxygens (including phenoxy) is 1. The largest absolute Gasteiger partial charge is 0.449 e. The van der Waals surface area contributed by atoms with Crippen LogP contribution in [0.3, 0.4) is 0 Å². The van der Waals surface area contributed by atoms with Crippen molar-refractivity contribution in [3.63, 3.8) is 0 Å². The van der Waals surface area contributed by atoms with Gasteiger partial charge in [-0.05, 0) is 32.0 Å². The number of hydrogen-bond donors (Lipinski definition) is 2. The SMILES string of the molecule is CCNC(=O)NC(=O)C(C)OC(=O)c1cc(S(C)(=O)=O)ccc1Cl. The molecule has 24 heavy (non-hydrogen) atoms. The molecule has 0 bridgehead atoms. The number of halogens is 1. The van der Waals surface area contributed by atoms with E-state index in [1.807, 2.05) is 5.32 Å². The van der Waals surface area contributed by atoms with Gasteiger partial charge in [0.05, 0.1) is 15.5 Å². The van der Waals surface area contributed by atoms with Gasteiger partial charge in [-0.2, -0.15) is 0 Å². The second-order valence-electron chi connectivity index (χ2n) is 4.81. The lowest BCUT2D eigenvalue weighted by atomic mass is 10.2. The maximum Gasteiger partial charge on any atom is 0.340 e. The number of benzene rings is 1. The van der Waals surface area contributed by atoms with Crippen molar-refractivity contribution in [3.05, 3.63) is 28.8 Å². The Morgan fingerprint density at radius 2 is 1.92 bits per heavy atom. The highest BCUT2D eigenvalue weighted by atomic mass is 35.5. The summed E-state index contributed by atoms with van der Waals surface area (Å²) in [5.41, 5.74) is -0.197. The Balaban J connectivity index is 2.88. The highest BCUT2D eigenvalue weighted by Gasteiger charge is 2.23. The molecular weight excluding hydrogens is 360 g/mol. The lowest BCUT2D eigenvalue weighted by molar-refractivity contribution is -0.127. The normalized spacial score (nSPS) is 12.2. The summed E-state index contributed by atoms with van der Waals surface area (Å²) in [4.78, 5) is 35.0. The molecule has 0 aliphatic heterocycles. The number of sulfone groups is 1. The Kier molecular flexibility index (Phi) is 6.73. The number of nitrogens with one attached hydrogen (secondary N) is 2. The van der Waals surface area contributed by atoms with Crippen molar-refractivity contribution < 1.29 is 27.5 Å². The molecule has 0 heterocycles. The predicted molar refractivity (Wildman–Crippen MR) is 86.7 cm³/mol. The van der Waals surface area contributed by atoms with Crippen LogP contribution in [0, 0.1) is 0 Å². The molecule has 0 aromatic heterocycles. The highest BCUT2D eigenvalue weighted by molar-refractivity contribution is 7.90. The lowest BCUT2D eigenvalue weighted by Crippen LogP contribution is -2.44. The summed E-state index contributed by atoms with van der Waals surface area (Å²) in [6.07, 6.45) is -0.300. The lowest BCUT2D eigenvalue weighted by Gasteiger charge is -2.14. The number of esters is 1.